The van der Waals surface area contributed by atoms with Crippen molar-refractivity contribution in [2.75, 3.05) is 9.93 Å². The van der Waals surface area contributed by atoms with Crippen molar-refractivity contribution in [3.63, 3.8) is 0 Å². The van der Waals surface area contributed by atoms with Crippen molar-refractivity contribution in [1.29, 1.82) is 0 Å². The van der Waals surface area contributed by atoms with Gasteiger partial charge < -0.3 is 0 Å². The number of halogens is 1. The zero-order valence-corrected chi connectivity index (χ0v) is 8.61. The molecule has 1 rings (SSSR count). The molecule has 0 saturated carbocycles. The van der Waals surface area contributed by atoms with Crippen molar-refractivity contribution in [2.24, 2.45) is 0 Å². The number of alkyl halides is 1. The quantitative estimate of drug-likeness (QED) is 0.746. The lowest BCUT2D eigenvalue weighted by Crippen LogP contribution is -2.13. The fourth-order valence-corrected chi connectivity index (χ4v) is 1.42. The summed E-state index contributed by atoms with van der Waals surface area (Å²) < 4.78 is 24.2. The lowest BCUT2D eigenvalue weighted by atomic mass is 10.3. The van der Waals surface area contributed by atoms with Crippen LogP contribution >= 0.6 is 11.6 Å². The first-order valence-corrected chi connectivity index (χ1v) is 5.87. The Morgan fingerprint density at radius 1 is 1.69 bits per heavy atom. The van der Waals surface area contributed by atoms with E-state index in [-0.39, 0.29) is 5.82 Å². The van der Waals surface area contributed by atoms with Gasteiger partial charge in [0.25, 0.3) is 0 Å². The van der Waals surface area contributed by atoms with E-state index < -0.39 is 15.2 Å². The van der Waals surface area contributed by atoms with Crippen molar-refractivity contribution in [3.8, 4) is 0 Å². The van der Waals surface area contributed by atoms with Gasteiger partial charge in [-0.05, 0) is 6.42 Å². The predicted molar refractivity (Wildman–Crippen MR) is 51.2 cm³/mol. The van der Waals surface area contributed by atoms with Crippen molar-refractivity contribution in [3.05, 3.63) is 11.8 Å². The molecule has 0 amide bonds. The summed E-state index contributed by atoms with van der Waals surface area (Å²) in [5.41, 5.74) is 0.868. The molecule has 0 aliphatic carbocycles. The van der Waals surface area contributed by atoms with E-state index in [9.17, 15) is 8.42 Å². The lowest BCUT2D eigenvalue weighted by Gasteiger charge is -1.98. The molecule has 0 spiro atoms. The standard InChI is InChI=1S/C6H10ClN3O2S/c1-2-5-3-6(9-8-5)10-13(11,12)4-7/h3H,2,4H2,1H3,(H2,8,9,10). The third-order valence-electron chi connectivity index (χ3n) is 1.42. The highest BCUT2D eigenvalue weighted by molar-refractivity contribution is 7.93. The van der Waals surface area contributed by atoms with Gasteiger partial charge in [-0.2, -0.15) is 5.10 Å². The first-order chi connectivity index (χ1) is 6.07. The predicted octanol–water partition coefficient (Wildman–Crippen LogP) is 0.910. The first kappa shape index (κ1) is 10.3. The van der Waals surface area contributed by atoms with E-state index in [1.807, 2.05) is 6.92 Å². The molecular formula is C6H10ClN3O2S. The fraction of sp³-hybridized carbons (Fsp3) is 0.500. The molecule has 1 heterocycles. The molecule has 0 saturated heterocycles. The zero-order valence-electron chi connectivity index (χ0n) is 7.04. The Bertz CT molecular complexity index is 373. The normalized spacial score (nSPS) is 11.5. The van der Waals surface area contributed by atoms with Crippen LogP contribution in [-0.2, 0) is 16.4 Å². The number of H-pyrrole nitrogens is 1. The summed E-state index contributed by atoms with van der Waals surface area (Å²) in [6.07, 6.45) is 0.773. The Kier molecular flexibility index (Phi) is 3.16. The van der Waals surface area contributed by atoms with E-state index in [0.29, 0.717) is 0 Å². The largest absolute Gasteiger partial charge is 0.280 e. The second-order valence-electron chi connectivity index (χ2n) is 2.46. The van der Waals surface area contributed by atoms with Gasteiger partial charge in [0.1, 0.15) is 5.21 Å². The Hall–Kier alpha value is -0.750. The molecule has 74 valence electrons. The van der Waals surface area contributed by atoms with Gasteiger partial charge in [0, 0.05) is 11.8 Å². The van der Waals surface area contributed by atoms with Gasteiger partial charge in [-0.25, -0.2) is 8.42 Å². The molecular weight excluding hydrogens is 214 g/mol. The molecule has 0 unspecified atom stereocenters. The Labute approximate surface area is 81.5 Å². The van der Waals surface area contributed by atoms with Gasteiger partial charge in [-0.3, -0.25) is 9.82 Å². The number of rotatable bonds is 4. The van der Waals surface area contributed by atoms with Crippen molar-refractivity contribution < 1.29 is 8.42 Å². The first-order valence-electron chi connectivity index (χ1n) is 3.68. The molecule has 0 radical (unpaired) electrons. The van der Waals surface area contributed by atoms with Crippen LogP contribution in [0.25, 0.3) is 0 Å². The van der Waals surface area contributed by atoms with Crippen molar-refractivity contribution in [1.82, 2.24) is 10.2 Å². The maximum Gasteiger partial charge on any atom is 0.248 e. The third-order valence-corrected chi connectivity index (χ3v) is 3.08. The van der Waals surface area contributed by atoms with Gasteiger partial charge in [-0.1, -0.05) is 6.92 Å². The summed E-state index contributed by atoms with van der Waals surface area (Å²) >= 11 is 5.20. The highest BCUT2D eigenvalue weighted by atomic mass is 35.5. The molecule has 1 aromatic rings. The van der Waals surface area contributed by atoms with Gasteiger partial charge in [0.2, 0.25) is 10.0 Å². The van der Waals surface area contributed by atoms with Crippen LogP contribution < -0.4 is 4.72 Å². The summed E-state index contributed by atoms with van der Waals surface area (Å²) in [5, 5.41) is 5.96. The van der Waals surface area contributed by atoms with Crippen LogP contribution in [0.4, 0.5) is 5.82 Å². The van der Waals surface area contributed by atoms with Gasteiger partial charge >= 0.3 is 0 Å². The molecule has 2 N–H and O–H groups in total. The average Bonchev–Trinajstić information content (AvgIpc) is 2.52. The molecule has 13 heavy (non-hydrogen) atoms. The number of aromatic nitrogens is 2. The smallest absolute Gasteiger partial charge is 0.248 e. The second-order valence-corrected chi connectivity index (χ2v) is 4.76. The van der Waals surface area contributed by atoms with Crippen LogP contribution in [0.3, 0.4) is 0 Å². The van der Waals surface area contributed by atoms with Crippen LogP contribution in [0, 0.1) is 0 Å². The second kappa shape index (κ2) is 3.97. The highest BCUT2D eigenvalue weighted by Gasteiger charge is 2.09. The molecule has 0 atom stereocenters. The average molecular weight is 224 g/mol. The van der Waals surface area contributed by atoms with E-state index in [4.69, 9.17) is 11.6 Å². The maximum atomic E-state index is 11.0. The molecule has 0 bridgehead atoms. The summed E-state index contributed by atoms with van der Waals surface area (Å²) in [5.74, 6) is 0.275. The van der Waals surface area contributed by atoms with Gasteiger partial charge in [0.05, 0.1) is 0 Å². The number of hydrogen-bond donors (Lipinski definition) is 2. The number of anilines is 1. The minimum absolute atomic E-state index is 0.275. The summed E-state index contributed by atoms with van der Waals surface area (Å²) in [7, 11) is -3.43. The molecule has 1 aromatic heterocycles. The highest BCUT2D eigenvalue weighted by Crippen LogP contribution is 2.08. The van der Waals surface area contributed by atoms with Gasteiger partial charge in [-0.15, -0.1) is 11.6 Å². The molecule has 0 aliphatic rings. The topological polar surface area (TPSA) is 74.8 Å². The van der Waals surface area contributed by atoms with Crippen LogP contribution in [0.15, 0.2) is 6.07 Å². The van der Waals surface area contributed by atoms with E-state index in [2.05, 4.69) is 14.9 Å². The monoisotopic (exact) mass is 223 g/mol. The number of aromatic amines is 1. The third kappa shape index (κ3) is 2.89. The number of aryl methyl sites for hydroxylation is 1. The summed E-state index contributed by atoms with van der Waals surface area (Å²) in [4.78, 5) is 0. The summed E-state index contributed by atoms with van der Waals surface area (Å²) in [6, 6.07) is 1.63. The van der Waals surface area contributed by atoms with Crippen molar-refractivity contribution in [2.45, 2.75) is 13.3 Å². The molecule has 0 aromatic carbocycles. The van der Waals surface area contributed by atoms with Crippen LogP contribution in [0.2, 0.25) is 0 Å². The number of sulfonamides is 1. The Balaban J connectivity index is 2.75. The number of nitrogens with one attached hydrogen (secondary N) is 2. The van der Waals surface area contributed by atoms with Crippen LogP contribution in [0.5, 0.6) is 0 Å². The van der Waals surface area contributed by atoms with E-state index in [1.54, 1.807) is 6.07 Å². The minimum Gasteiger partial charge on any atom is -0.280 e. The molecule has 0 aliphatic heterocycles. The maximum absolute atomic E-state index is 11.0. The van der Waals surface area contributed by atoms with Gasteiger partial charge in [0.15, 0.2) is 5.82 Å². The summed E-state index contributed by atoms with van der Waals surface area (Å²) in [6.45, 7) is 1.94. The molecule has 7 heteroatoms. The van der Waals surface area contributed by atoms with E-state index in [0.717, 1.165) is 12.1 Å². The van der Waals surface area contributed by atoms with E-state index >= 15 is 0 Å². The number of nitrogens with zero attached hydrogens (tertiary/aromatic N) is 1. The molecule has 0 fully saturated rings. The zero-order chi connectivity index (χ0) is 9.90. The fourth-order valence-electron chi connectivity index (χ4n) is 0.782. The molecule has 5 nitrogen and oxygen atoms in total. The van der Waals surface area contributed by atoms with Crippen molar-refractivity contribution >= 4 is 27.4 Å². The van der Waals surface area contributed by atoms with Crippen LogP contribution in [0.1, 0.15) is 12.6 Å². The minimum atomic E-state index is -3.43. The lowest BCUT2D eigenvalue weighted by molar-refractivity contribution is 0.605. The Morgan fingerprint density at radius 3 is 2.85 bits per heavy atom. The van der Waals surface area contributed by atoms with Crippen LogP contribution in [-0.4, -0.2) is 23.8 Å². The SMILES string of the molecule is CCc1cc(NS(=O)(=O)CCl)n[nH]1. The number of hydrogen-bond acceptors (Lipinski definition) is 3. The van der Waals surface area contributed by atoms with E-state index in [1.165, 1.54) is 0 Å². The Morgan fingerprint density at radius 2 is 2.38 bits per heavy atom.